The fourth-order valence-electron chi connectivity index (χ4n) is 2.35. The van der Waals surface area contributed by atoms with Gasteiger partial charge in [-0.15, -0.1) is 11.8 Å². The van der Waals surface area contributed by atoms with Crippen LogP contribution in [0.2, 0.25) is 5.02 Å². The number of ether oxygens (including phenoxy) is 1. The number of phenolic OH excluding ortho intramolecular Hbond substituents is 1. The molecule has 0 saturated carbocycles. The van der Waals surface area contributed by atoms with Gasteiger partial charge in [0.25, 0.3) is 0 Å². The number of hydrogen-bond acceptors (Lipinski definition) is 6. The van der Waals surface area contributed by atoms with Gasteiger partial charge in [0.05, 0.1) is 6.42 Å². The molecule has 7 heteroatoms. The van der Waals surface area contributed by atoms with Crippen LogP contribution < -0.4 is 5.63 Å². The van der Waals surface area contributed by atoms with Gasteiger partial charge in [0.2, 0.25) is 0 Å². The standard InChI is InChI=1S/C19H15ClO5S/c20-13-1-4-15(5-2-13)26-8-7-18(22)24-11-12-9-19(23)25-17-10-14(21)3-6-16(12)17/h1-6,9-10,21H,7-8,11H2. The predicted molar refractivity (Wildman–Crippen MR) is 101 cm³/mol. The molecular formula is C19H15ClO5S. The zero-order valence-corrected chi connectivity index (χ0v) is 15.2. The van der Waals surface area contributed by atoms with Crippen molar-refractivity contribution in [2.45, 2.75) is 17.9 Å². The Kier molecular flexibility index (Phi) is 5.85. The van der Waals surface area contributed by atoms with Crippen LogP contribution >= 0.6 is 23.4 Å². The van der Waals surface area contributed by atoms with Gasteiger partial charge in [-0.05, 0) is 36.4 Å². The van der Waals surface area contributed by atoms with Crippen molar-refractivity contribution in [3.63, 3.8) is 0 Å². The van der Waals surface area contributed by atoms with Crippen molar-refractivity contribution in [1.29, 1.82) is 0 Å². The van der Waals surface area contributed by atoms with Crippen LogP contribution in [-0.4, -0.2) is 16.8 Å². The van der Waals surface area contributed by atoms with E-state index in [1.807, 2.05) is 12.1 Å². The van der Waals surface area contributed by atoms with Crippen molar-refractivity contribution in [3.05, 3.63) is 69.5 Å². The molecule has 0 spiro atoms. The van der Waals surface area contributed by atoms with Crippen LogP contribution in [0.15, 0.2) is 62.6 Å². The van der Waals surface area contributed by atoms with Crippen LogP contribution in [0.1, 0.15) is 12.0 Å². The quantitative estimate of drug-likeness (QED) is 0.382. The highest BCUT2D eigenvalue weighted by Crippen LogP contribution is 2.23. The van der Waals surface area contributed by atoms with E-state index < -0.39 is 5.63 Å². The second-order valence-electron chi connectivity index (χ2n) is 5.48. The number of aromatic hydroxyl groups is 1. The molecule has 0 bridgehead atoms. The third-order valence-corrected chi connectivity index (χ3v) is 4.86. The van der Waals surface area contributed by atoms with Crippen molar-refractivity contribution >= 4 is 40.3 Å². The van der Waals surface area contributed by atoms with E-state index in [1.165, 1.54) is 30.0 Å². The summed E-state index contributed by atoms with van der Waals surface area (Å²) in [5, 5.41) is 10.8. The molecule has 0 atom stereocenters. The summed E-state index contributed by atoms with van der Waals surface area (Å²) in [6.07, 6.45) is 0.244. The van der Waals surface area contributed by atoms with Crippen LogP contribution in [0, 0.1) is 0 Å². The summed E-state index contributed by atoms with van der Waals surface area (Å²) in [7, 11) is 0. The second-order valence-corrected chi connectivity index (χ2v) is 7.09. The Bertz CT molecular complexity index is 981. The Morgan fingerprint density at radius 1 is 1.15 bits per heavy atom. The minimum Gasteiger partial charge on any atom is -0.508 e. The van der Waals surface area contributed by atoms with Gasteiger partial charge in [-0.25, -0.2) is 4.79 Å². The maximum Gasteiger partial charge on any atom is 0.336 e. The van der Waals surface area contributed by atoms with Crippen LogP contribution in [0.4, 0.5) is 0 Å². The molecule has 2 aromatic carbocycles. The molecule has 0 aliphatic heterocycles. The van der Waals surface area contributed by atoms with Crippen LogP contribution in [0.3, 0.4) is 0 Å². The number of phenols is 1. The Balaban J connectivity index is 1.57. The molecule has 0 saturated heterocycles. The van der Waals surface area contributed by atoms with Crippen molar-refractivity contribution in [3.8, 4) is 5.75 Å². The first-order chi connectivity index (χ1) is 12.5. The minimum absolute atomic E-state index is 0.00554. The van der Waals surface area contributed by atoms with E-state index in [1.54, 1.807) is 18.2 Å². The molecule has 0 fully saturated rings. The monoisotopic (exact) mass is 390 g/mol. The van der Waals surface area contributed by atoms with Crippen molar-refractivity contribution in [1.82, 2.24) is 0 Å². The first kappa shape index (κ1) is 18.4. The summed E-state index contributed by atoms with van der Waals surface area (Å²) < 4.78 is 10.3. The van der Waals surface area contributed by atoms with Crippen molar-refractivity contribution < 1.29 is 19.1 Å². The highest BCUT2D eigenvalue weighted by molar-refractivity contribution is 7.99. The number of esters is 1. The molecule has 5 nitrogen and oxygen atoms in total. The topological polar surface area (TPSA) is 76.7 Å². The molecule has 3 aromatic rings. The highest BCUT2D eigenvalue weighted by Gasteiger charge is 2.10. The third kappa shape index (κ3) is 4.80. The Labute approximate surface area is 158 Å². The van der Waals surface area contributed by atoms with Gasteiger partial charge >= 0.3 is 11.6 Å². The lowest BCUT2D eigenvalue weighted by Gasteiger charge is -2.07. The van der Waals surface area contributed by atoms with E-state index in [0.717, 1.165) is 4.90 Å². The molecule has 0 unspecified atom stereocenters. The zero-order valence-electron chi connectivity index (χ0n) is 13.6. The molecule has 1 aromatic heterocycles. The number of fused-ring (bicyclic) bond motifs is 1. The summed E-state index contributed by atoms with van der Waals surface area (Å²) in [5.74, 6) is 0.215. The van der Waals surface area contributed by atoms with Gasteiger partial charge < -0.3 is 14.3 Å². The molecule has 0 amide bonds. The van der Waals surface area contributed by atoms with E-state index in [9.17, 15) is 14.7 Å². The van der Waals surface area contributed by atoms with Gasteiger partial charge in [0, 0.05) is 38.8 Å². The van der Waals surface area contributed by atoms with E-state index in [0.29, 0.717) is 21.7 Å². The molecule has 0 radical (unpaired) electrons. The number of carbonyl (C=O) groups is 1. The molecule has 1 heterocycles. The molecule has 0 aliphatic rings. The Morgan fingerprint density at radius 2 is 1.92 bits per heavy atom. The Morgan fingerprint density at radius 3 is 2.69 bits per heavy atom. The summed E-state index contributed by atoms with van der Waals surface area (Å²) >= 11 is 7.36. The zero-order chi connectivity index (χ0) is 18.5. The number of hydrogen-bond donors (Lipinski definition) is 1. The van der Waals surface area contributed by atoms with E-state index in [-0.39, 0.29) is 30.3 Å². The molecule has 134 valence electrons. The molecule has 0 aliphatic carbocycles. The first-order valence-corrected chi connectivity index (χ1v) is 9.17. The summed E-state index contributed by atoms with van der Waals surface area (Å²) in [6, 6.07) is 13.1. The maximum atomic E-state index is 11.9. The summed E-state index contributed by atoms with van der Waals surface area (Å²) in [5.41, 5.74) is 0.226. The number of thioether (sulfide) groups is 1. The minimum atomic E-state index is -0.563. The van der Waals surface area contributed by atoms with Crippen LogP contribution in [0.25, 0.3) is 11.0 Å². The number of benzene rings is 2. The molecule has 1 N–H and O–H groups in total. The average molecular weight is 391 g/mol. The largest absolute Gasteiger partial charge is 0.508 e. The number of carbonyl (C=O) groups excluding carboxylic acids is 1. The van der Waals surface area contributed by atoms with E-state index in [2.05, 4.69) is 0 Å². The lowest BCUT2D eigenvalue weighted by Crippen LogP contribution is -2.08. The van der Waals surface area contributed by atoms with E-state index in [4.69, 9.17) is 20.8 Å². The van der Waals surface area contributed by atoms with Crippen LogP contribution in [-0.2, 0) is 16.1 Å². The number of rotatable bonds is 6. The second kappa shape index (κ2) is 8.29. The smallest absolute Gasteiger partial charge is 0.336 e. The lowest BCUT2D eigenvalue weighted by atomic mass is 10.1. The summed E-state index contributed by atoms with van der Waals surface area (Å²) in [6.45, 7) is -0.0304. The van der Waals surface area contributed by atoms with Gasteiger partial charge in [0.1, 0.15) is 17.9 Å². The van der Waals surface area contributed by atoms with Gasteiger partial charge in [0.15, 0.2) is 0 Å². The Hall–Kier alpha value is -2.44. The normalized spacial score (nSPS) is 10.8. The first-order valence-electron chi connectivity index (χ1n) is 7.81. The molecule has 26 heavy (non-hydrogen) atoms. The van der Waals surface area contributed by atoms with Crippen molar-refractivity contribution in [2.24, 2.45) is 0 Å². The van der Waals surface area contributed by atoms with Gasteiger partial charge in [-0.1, -0.05) is 11.6 Å². The average Bonchev–Trinajstić information content (AvgIpc) is 2.61. The molecule has 3 rings (SSSR count). The van der Waals surface area contributed by atoms with Crippen molar-refractivity contribution in [2.75, 3.05) is 5.75 Å². The van der Waals surface area contributed by atoms with Gasteiger partial charge in [-0.2, -0.15) is 0 Å². The highest BCUT2D eigenvalue weighted by atomic mass is 35.5. The predicted octanol–water partition coefficient (Wildman–Crippen LogP) is 4.38. The van der Waals surface area contributed by atoms with E-state index >= 15 is 0 Å². The SMILES string of the molecule is O=C(CCSc1ccc(Cl)cc1)OCc1cc(=O)oc2cc(O)ccc12. The fraction of sp³-hybridized carbons (Fsp3) is 0.158. The third-order valence-electron chi connectivity index (χ3n) is 3.59. The fourth-order valence-corrected chi connectivity index (χ4v) is 3.31. The lowest BCUT2D eigenvalue weighted by molar-refractivity contribution is -0.144. The van der Waals surface area contributed by atoms with Gasteiger partial charge in [-0.3, -0.25) is 4.79 Å². The molecular weight excluding hydrogens is 376 g/mol. The van der Waals surface area contributed by atoms with Crippen LogP contribution in [0.5, 0.6) is 5.75 Å². The maximum absolute atomic E-state index is 11.9. The summed E-state index contributed by atoms with van der Waals surface area (Å²) in [4.78, 5) is 24.6. The number of halogens is 1.